The van der Waals surface area contributed by atoms with Crippen molar-refractivity contribution in [3.05, 3.63) is 35.2 Å². The third-order valence-electron chi connectivity index (χ3n) is 4.74. The van der Waals surface area contributed by atoms with Gasteiger partial charge in [-0.1, -0.05) is 11.6 Å². The summed E-state index contributed by atoms with van der Waals surface area (Å²) in [6.45, 7) is 6.45. The quantitative estimate of drug-likeness (QED) is 0.721. The number of halogens is 1. The Morgan fingerprint density at radius 3 is 2.62 bits per heavy atom. The molecule has 0 radical (unpaired) electrons. The largest absolute Gasteiger partial charge is 0.480 e. The monoisotopic (exact) mass is 462 g/mol. The smallest absolute Gasteiger partial charge is 0.414 e. The van der Waals surface area contributed by atoms with Crippen molar-refractivity contribution in [3.8, 4) is 5.88 Å². The van der Waals surface area contributed by atoms with Crippen LogP contribution >= 0.6 is 11.6 Å². The number of hydrogen-bond donors (Lipinski definition) is 1. The zero-order valence-electron chi connectivity index (χ0n) is 18.8. The Labute approximate surface area is 191 Å². The Morgan fingerprint density at radius 2 is 2.00 bits per heavy atom. The minimum Gasteiger partial charge on any atom is -0.480 e. The van der Waals surface area contributed by atoms with Crippen LogP contribution in [0.2, 0.25) is 5.02 Å². The molecule has 0 saturated carbocycles. The van der Waals surface area contributed by atoms with Gasteiger partial charge in [-0.05, 0) is 39.3 Å². The summed E-state index contributed by atoms with van der Waals surface area (Å²) < 4.78 is 10.5. The van der Waals surface area contributed by atoms with Crippen LogP contribution in [0.1, 0.15) is 37.7 Å². The third-order valence-corrected chi connectivity index (χ3v) is 4.99. The van der Waals surface area contributed by atoms with Crippen LogP contribution in [0.4, 0.5) is 16.4 Å². The summed E-state index contributed by atoms with van der Waals surface area (Å²) in [6, 6.07) is 3.26. The summed E-state index contributed by atoms with van der Waals surface area (Å²) in [4.78, 5) is 40.7. The highest BCUT2D eigenvalue weighted by molar-refractivity contribution is 6.31. The van der Waals surface area contributed by atoms with Crippen molar-refractivity contribution in [2.24, 2.45) is 0 Å². The predicted molar refractivity (Wildman–Crippen MR) is 120 cm³/mol. The number of nitrogens with one attached hydrogen (secondary N) is 1. The average Bonchev–Trinajstić information content (AvgIpc) is 3.21. The highest BCUT2D eigenvalue weighted by Crippen LogP contribution is 2.23. The maximum Gasteiger partial charge on any atom is 0.414 e. The second-order valence-electron chi connectivity index (χ2n) is 8.37. The third kappa shape index (κ3) is 5.76. The Hall–Kier alpha value is -3.14. The molecule has 1 saturated heterocycles. The molecule has 32 heavy (non-hydrogen) atoms. The van der Waals surface area contributed by atoms with Gasteiger partial charge in [0.1, 0.15) is 16.3 Å². The van der Waals surface area contributed by atoms with Gasteiger partial charge < -0.3 is 19.7 Å². The molecule has 0 spiro atoms. The summed E-state index contributed by atoms with van der Waals surface area (Å²) in [5, 5.41) is 3.53. The van der Waals surface area contributed by atoms with Crippen LogP contribution in [0.15, 0.2) is 24.5 Å². The zero-order chi connectivity index (χ0) is 23.5. The number of ether oxygens (including phenoxy) is 2. The van der Waals surface area contributed by atoms with E-state index in [1.54, 1.807) is 44.9 Å². The van der Waals surface area contributed by atoms with E-state index >= 15 is 0 Å². The van der Waals surface area contributed by atoms with E-state index in [4.69, 9.17) is 21.1 Å². The summed E-state index contributed by atoms with van der Waals surface area (Å²) in [5.74, 6) is 0.490. The summed E-state index contributed by atoms with van der Waals surface area (Å²) in [5.41, 5.74) is 0.235. The van der Waals surface area contributed by atoms with Crippen molar-refractivity contribution >= 4 is 35.2 Å². The number of methoxy groups -OCH3 is 1. The molecule has 1 N–H and O–H groups in total. The fraction of sp³-hybridized carbons (Fsp3) is 0.476. The molecule has 10 nitrogen and oxygen atoms in total. The minimum absolute atomic E-state index is 0.0117. The van der Waals surface area contributed by atoms with Crippen LogP contribution in [-0.4, -0.2) is 70.7 Å². The summed E-state index contributed by atoms with van der Waals surface area (Å²) in [7, 11) is 3.08. The van der Waals surface area contributed by atoms with Crippen LogP contribution in [0.25, 0.3) is 0 Å². The molecule has 2 aromatic rings. The van der Waals surface area contributed by atoms with Gasteiger partial charge in [-0.2, -0.15) is 4.98 Å². The lowest BCUT2D eigenvalue weighted by Gasteiger charge is -2.24. The second-order valence-corrected chi connectivity index (χ2v) is 8.78. The lowest BCUT2D eigenvalue weighted by molar-refractivity contribution is 0.0589. The number of aromatic nitrogens is 3. The molecule has 1 aliphatic heterocycles. The minimum atomic E-state index is -0.600. The summed E-state index contributed by atoms with van der Waals surface area (Å²) >= 11 is 5.96. The maximum atomic E-state index is 12.9. The first kappa shape index (κ1) is 23.5. The van der Waals surface area contributed by atoms with Crippen molar-refractivity contribution in [2.75, 3.05) is 37.5 Å². The Bertz CT molecular complexity index is 979. The molecule has 1 aliphatic rings. The van der Waals surface area contributed by atoms with Gasteiger partial charge in [0.2, 0.25) is 11.8 Å². The topological polar surface area (TPSA) is 110 Å². The van der Waals surface area contributed by atoms with Crippen molar-refractivity contribution in [1.29, 1.82) is 0 Å². The number of rotatable bonds is 5. The number of carbonyl (C=O) groups is 2. The number of amides is 2. The fourth-order valence-electron chi connectivity index (χ4n) is 3.12. The number of anilines is 2. The molecule has 0 bridgehead atoms. The number of nitrogens with zero attached hydrogens (tertiary/aromatic N) is 5. The molecule has 2 aromatic heterocycles. The second kappa shape index (κ2) is 9.56. The number of likely N-dealkylation sites (tertiary alicyclic amines) is 1. The molecule has 172 valence electrons. The zero-order valence-corrected chi connectivity index (χ0v) is 19.5. The normalized spacial score (nSPS) is 15.9. The molecule has 0 aliphatic carbocycles. The molecule has 3 heterocycles. The highest BCUT2D eigenvalue weighted by Gasteiger charge is 2.28. The van der Waals surface area contributed by atoms with E-state index in [0.717, 1.165) is 6.42 Å². The first-order valence-electron chi connectivity index (χ1n) is 10.1. The predicted octanol–water partition coefficient (Wildman–Crippen LogP) is 3.23. The fourth-order valence-corrected chi connectivity index (χ4v) is 3.29. The summed E-state index contributed by atoms with van der Waals surface area (Å²) in [6.07, 6.45) is 3.19. The first-order valence-corrected chi connectivity index (χ1v) is 10.5. The van der Waals surface area contributed by atoms with E-state index in [0.29, 0.717) is 35.4 Å². The van der Waals surface area contributed by atoms with E-state index in [9.17, 15) is 9.59 Å². The standard InChI is InChI=1S/C21H27ClN6O4/c1-21(2,3)32-20(30)27(4)14-6-7-16(23-10-14)18(29)28-9-8-13(12-28)25-19-24-11-15(22)17(26-19)31-5/h6-7,10-11,13H,8-9,12H2,1-5H3,(H,24,25,26)/t13-/m1/s1. The van der Waals surface area contributed by atoms with Gasteiger partial charge in [0.15, 0.2) is 0 Å². The SMILES string of the molecule is COc1nc(N[C@@H]2CCN(C(=O)c3ccc(N(C)C(=O)OC(C)(C)C)cn3)C2)ncc1Cl. The lowest BCUT2D eigenvalue weighted by atomic mass is 10.2. The van der Waals surface area contributed by atoms with Gasteiger partial charge in [-0.3, -0.25) is 9.69 Å². The average molecular weight is 463 g/mol. The van der Waals surface area contributed by atoms with Crippen LogP contribution in [0.3, 0.4) is 0 Å². The number of pyridine rings is 1. The van der Waals surface area contributed by atoms with E-state index in [1.807, 2.05) is 0 Å². The first-order chi connectivity index (χ1) is 15.1. The van der Waals surface area contributed by atoms with E-state index in [-0.39, 0.29) is 17.8 Å². The van der Waals surface area contributed by atoms with Gasteiger partial charge in [-0.25, -0.2) is 14.8 Å². The van der Waals surface area contributed by atoms with Crippen molar-refractivity contribution < 1.29 is 19.1 Å². The van der Waals surface area contributed by atoms with E-state index < -0.39 is 11.7 Å². The molecule has 0 aromatic carbocycles. The van der Waals surface area contributed by atoms with E-state index in [1.165, 1.54) is 24.4 Å². The van der Waals surface area contributed by atoms with Gasteiger partial charge in [-0.15, -0.1) is 0 Å². The van der Waals surface area contributed by atoms with Gasteiger partial charge in [0.05, 0.1) is 25.2 Å². The van der Waals surface area contributed by atoms with Crippen LogP contribution in [0, 0.1) is 0 Å². The molecular weight excluding hydrogens is 436 g/mol. The molecule has 0 unspecified atom stereocenters. The molecular formula is C21H27ClN6O4. The molecule has 11 heteroatoms. The Balaban J connectivity index is 1.59. The van der Waals surface area contributed by atoms with Crippen molar-refractivity contribution in [3.63, 3.8) is 0 Å². The van der Waals surface area contributed by atoms with Gasteiger partial charge in [0, 0.05) is 26.2 Å². The highest BCUT2D eigenvalue weighted by atomic mass is 35.5. The van der Waals surface area contributed by atoms with Gasteiger partial charge >= 0.3 is 6.09 Å². The number of hydrogen-bond acceptors (Lipinski definition) is 8. The van der Waals surface area contributed by atoms with Crippen molar-refractivity contribution in [1.82, 2.24) is 19.9 Å². The van der Waals surface area contributed by atoms with E-state index in [2.05, 4.69) is 20.3 Å². The van der Waals surface area contributed by atoms with Crippen molar-refractivity contribution in [2.45, 2.75) is 38.8 Å². The van der Waals surface area contributed by atoms with Crippen LogP contribution in [0.5, 0.6) is 5.88 Å². The number of carbonyl (C=O) groups excluding carboxylic acids is 2. The molecule has 3 rings (SSSR count). The molecule has 1 atom stereocenters. The van der Waals surface area contributed by atoms with Crippen LogP contribution in [-0.2, 0) is 4.74 Å². The molecule has 2 amide bonds. The van der Waals surface area contributed by atoms with Crippen LogP contribution < -0.4 is 15.0 Å². The Morgan fingerprint density at radius 1 is 1.25 bits per heavy atom. The van der Waals surface area contributed by atoms with Gasteiger partial charge in [0.25, 0.3) is 5.91 Å². The molecule has 1 fully saturated rings. The maximum absolute atomic E-state index is 12.9. The Kier molecular flexibility index (Phi) is 7.02. The lowest BCUT2D eigenvalue weighted by Crippen LogP contribution is -2.34.